The van der Waals surface area contributed by atoms with Crippen molar-refractivity contribution < 1.29 is 9.15 Å². The molecule has 6 nitrogen and oxygen atoms in total. The first-order valence-corrected chi connectivity index (χ1v) is 7.77. The Kier molecular flexibility index (Phi) is 3.26. The van der Waals surface area contributed by atoms with Crippen molar-refractivity contribution in [1.29, 1.82) is 0 Å². The van der Waals surface area contributed by atoms with Gasteiger partial charge in [-0.2, -0.15) is 0 Å². The molecule has 0 saturated carbocycles. The van der Waals surface area contributed by atoms with Gasteiger partial charge in [-0.3, -0.25) is 0 Å². The Morgan fingerprint density at radius 3 is 2.58 bits per heavy atom. The molecule has 4 rings (SSSR count). The molecule has 2 aromatic heterocycles. The van der Waals surface area contributed by atoms with Crippen LogP contribution >= 0.6 is 0 Å². The summed E-state index contributed by atoms with van der Waals surface area (Å²) in [5.41, 5.74) is 3.79. The van der Waals surface area contributed by atoms with Crippen LogP contribution in [0.5, 0.6) is 5.75 Å². The smallest absolute Gasteiger partial charge is 0.339 e. The number of aromatic nitrogens is 2. The molecule has 0 unspecified atom stereocenters. The fraction of sp³-hybridized carbons (Fsp3) is 0.278. The Balaban J connectivity index is 1.87. The van der Waals surface area contributed by atoms with Gasteiger partial charge in [-0.15, -0.1) is 0 Å². The second-order valence-corrected chi connectivity index (χ2v) is 6.03. The van der Waals surface area contributed by atoms with Gasteiger partial charge in [0.1, 0.15) is 11.3 Å². The number of anilines is 1. The highest BCUT2D eigenvalue weighted by atomic mass is 16.5. The maximum absolute atomic E-state index is 12.0. The second kappa shape index (κ2) is 5.33. The zero-order valence-electron chi connectivity index (χ0n) is 13.8. The van der Waals surface area contributed by atoms with E-state index in [0.717, 1.165) is 27.8 Å². The zero-order chi connectivity index (χ0) is 16.8. The average Bonchev–Trinajstić information content (AvgIpc) is 2.61. The summed E-state index contributed by atoms with van der Waals surface area (Å²) in [6, 6.07) is 3.83. The van der Waals surface area contributed by atoms with Crippen molar-refractivity contribution in [2.24, 2.45) is 0 Å². The maximum atomic E-state index is 12.0. The first kappa shape index (κ1) is 14.7. The molecule has 1 aliphatic heterocycles. The quantitative estimate of drug-likeness (QED) is 0.642. The molecule has 6 heteroatoms. The molecule has 0 radical (unpaired) electrons. The van der Waals surface area contributed by atoms with Gasteiger partial charge in [0.05, 0.1) is 6.54 Å². The number of hydrogen-bond donors (Lipinski definition) is 0. The van der Waals surface area contributed by atoms with Gasteiger partial charge in [0.15, 0.2) is 6.73 Å². The minimum absolute atomic E-state index is 0.293. The molecule has 24 heavy (non-hydrogen) atoms. The number of nitrogens with zero attached hydrogens (tertiary/aromatic N) is 3. The second-order valence-electron chi connectivity index (χ2n) is 6.03. The number of hydrogen-bond acceptors (Lipinski definition) is 6. The fourth-order valence-electron chi connectivity index (χ4n) is 3.08. The van der Waals surface area contributed by atoms with Crippen LogP contribution in [0.3, 0.4) is 0 Å². The minimum atomic E-state index is -0.293. The number of benzene rings is 1. The zero-order valence-corrected chi connectivity index (χ0v) is 13.8. The third-order valence-corrected chi connectivity index (χ3v) is 4.56. The summed E-state index contributed by atoms with van der Waals surface area (Å²) in [5.74, 6) is 1.41. The van der Waals surface area contributed by atoms with Gasteiger partial charge >= 0.3 is 5.63 Å². The number of rotatable bonds is 1. The van der Waals surface area contributed by atoms with E-state index in [9.17, 15) is 4.79 Å². The highest BCUT2D eigenvalue weighted by Crippen LogP contribution is 2.36. The summed E-state index contributed by atoms with van der Waals surface area (Å²) in [5, 5.41) is 0.947. The first-order chi connectivity index (χ1) is 11.6. The lowest BCUT2D eigenvalue weighted by molar-refractivity contribution is 0.285. The third kappa shape index (κ3) is 2.14. The van der Waals surface area contributed by atoms with E-state index in [2.05, 4.69) is 9.97 Å². The molecule has 0 bridgehead atoms. The molecular formula is C18H17N3O3. The minimum Gasteiger partial charge on any atom is -0.472 e. The molecule has 0 aliphatic carbocycles. The summed E-state index contributed by atoms with van der Waals surface area (Å²) in [6.45, 7) is 6.66. The number of fused-ring (bicyclic) bond motifs is 2. The fourth-order valence-corrected chi connectivity index (χ4v) is 3.08. The van der Waals surface area contributed by atoms with Crippen LogP contribution in [0.25, 0.3) is 11.0 Å². The molecule has 0 N–H and O–H groups in total. The predicted molar refractivity (Wildman–Crippen MR) is 90.4 cm³/mol. The molecular weight excluding hydrogens is 306 g/mol. The lowest BCUT2D eigenvalue weighted by atomic mass is 9.99. The molecule has 0 saturated heterocycles. The van der Waals surface area contributed by atoms with Gasteiger partial charge in [0, 0.05) is 34.5 Å². The van der Waals surface area contributed by atoms with Gasteiger partial charge in [-0.1, -0.05) is 0 Å². The Morgan fingerprint density at radius 2 is 1.83 bits per heavy atom. The molecule has 122 valence electrons. The van der Waals surface area contributed by atoms with Gasteiger partial charge in [0.2, 0.25) is 5.95 Å². The topological polar surface area (TPSA) is 68.5 Å². The van der Waals surface area contributed by atoms with Crippen molar-refractivity contribution in [2.75, 3.05) is 11.6 Å². The molecule has 3 aromatic rings. The van der Waals surface area contributed by atoms with E-state index in [-0.39, 0.29) is 5.63 Å². The van der Waals surface area contributed by atoms with Crippen LogP contribution in [0.2, 0.25) is 0 Å². The van der Waals surface area contributed by atoms with Crippen LogP contribution < -0.4 is 15.3 Å². The lowest BCUT2D eigenvalue weighted by Gasteiger charge is -2.30. The standard InChI is InChI=1S/C18H17N3O3/c1-10-11(2)17(22)24-16-12(3)15-13(7-14(10)16)8-21(9-23-15)18-19-5-4-6-20-18/h4-7H,8-9H2,1-3H3. The molecule has 0 spiro atoms. The lowest BCUT2D eigenvalue weighted by Crippen LogP contribution is -2.33. The Hall–Kier alpha value is -2.89. The van der Waals surface area contributed by atoms with Crippen LogP contribution in [0.15, 0.2) is 33.7 Å². The molecule has 1 aromatic carbocycles. The van der Waals surface area contributed by atoms with E-state index in [1.165, 1.54) is 0 Å². The van der Waals surface area contributed by atoms with Crippen molar-refractivity contribution in [2.45, 2.75) is 27.3 Å². The van der Waals surface area contributed by atoms with Gasteiger partial charge in [-0.05, 0) is 38.5 Å². The normalized spacial score (nSPS) is 13.7. The van der Waals surface area contributed by atoms with E-state index in [1.807, 2.05) is 24.8 Å². The summed E-state index contributed by atoms with van der Waals surface area (Å²) < 4.78 is 11.4. The first-order valence-electron chi connectivity index (χ1n) is 7.77. The highest BCUT2D eigenvalue weighted by Gasteiger charge is 2.24. The Labute approximate surface area is 138 Å². The largest absolute Gasteiger partial charge is 0.472 e. The van der Waals surface area contributed by atoms with Crippen LogP contribution in [-0.4, -0.2) is 16.7 Å². The van der Waals surface area contributed by atoms with E-state index in [0.29, 0.717) is 30.4 Å². The number of aryl methyl sites for hydroxylation is 2. The van der Waals surface area contributed by atoms with Crippen molar-refractivity contribution in [3.05, 3.63) is 57.2 Å². The van der Waals surface area contributed by atoms with E-state index in [4.69, 9.17) is 9.15 Å². The molecule has 1 aliphatic rings. The summed E-state index contributed by atoms with van der Waals surface area (Å²) in [6.07, 6.45) is 3.43. The van der Waals surface area contributed by atoms with E-state index in [1.54, 1.807) is 25.4 Å². The highest BCUT2D eigenvalue weighted by molar-refractivity contribution is 5.87. The van der Waals surface area contributed by atoms with Crippen molar-refractivity contribution in [3.63, 3.8) is 0 Å². The third-order valence-electron chi connectivity index (χ3n) is 4.56. The molecule has 0 amide bonds. The van der Waals surface area contributed by atoms with Crippen molar-refractivity contribution in [3.8, 4) is 5.75 Å². The number of ether oxygens (including phenoxy) is 1. The molecule has 0 fully saturated rings. The average molecular weight is 323 g/mol. The van der Waals surface area contributed by atoms with Crippen LogP contribution in [0.4, 0.5) is 5.95 Å². The van der Waals surface area contributed by atoms with Gasteiger partial charge in [0.25, 0.3) is 0 Å². The predicted octanol–water partition coefficient (Wildman–Crippen LogP) is 2.86. The SMILES string of the molecule is Cc1c(C)c2cc3c(c(C)c2oc1=O)OCN(c1ncccn1)C3. The molecule has 0 atom stereocenters. The monoisotopic (exact) mass is 323 g/mol. The maximum Gasteiger partial charge on any atom is 0.339 e. The van der Waals surface area contributed by atoms with Crippen LogP contribution in [0, 0.1) is 20.8 Å². The van der Waals surface area contributed by atoms with E-state index < -0.39 is 0 Å². The van der Waals surface area contributed by atoms with Crippen LogP contribution in [0.1, 0.15) is 22.3 Å². The summed E-state index contributed by atoms with van der Waals surface area (Å²) in [7, 11) is 0. The Morgan fingerprint density at radius 1 is 1.08 bits per heavy atom. The van der Waals surface area contributed by atoms with Crippen molar-refractivity contribution >= 4 is 16.9 Å². The summed E-state index contributed by atoms with van der Waals surface area (Å²) in [4.78, 5) is 22.5. The van der Waals surface area contributed by atoms with E-state index >= 15 is 0 Å². The van der Waals surface area contributed by atoms with Gasteiger partial charge in [-0.25, -0.2) is 14.8 Å². The Bertz CT molecular complexity index is 996. The van der Waals surface area contributed by atoms with Crippen molar-refractivity contribution in [1.82, 2.24) is 9.97 Å². The summed E-state index contributed by atoms with van der Waals surface area (Å²) >= 11 is 0. The van der Waals surface area contributed by atoms with Crippen LogP contribution in [-0.2, 0) is 6.54 Å². The van der Waals surface area contributed by atoms with Gasteiger partial charge < -0.3 is 14.1 Å². The molecule has 3 heterocycles.